The molecule has 1 aliphatic carbocycles. The van der Waals surface area contributed by atoms with Crippen LogP contribution in [-0.4, -0.2) is 36.6 Å². The SMILES string of the molecule is COCCC(N)C(=O)N(Cc1ccccc1)C(C)C1CC1. The van der Waals surface area contributed by atoms with Crippen molar-refractivity contribution in [2.75, 3.05) is 13.7 Å². The standard InChI is InChI=1S/C17H26N2O2/c1-13(15-8-9-15)19(12-14-6-4-3-5-7-14)17(20)16(18)10-11-21-2/h3-7,13,15-16H,8-12,18H2,1-2H3. The monoisotopic (exact) mass is 290 g/mol. The van der Waals surface area contributed by atoms with Crippen LogP contribution in [0.2, 0.25) is 0 Å². The van der Waals surface area contributed by atoms with E-state index in [0.717, 1.165) is 5.56 Å². The number of hydrogen-bond donors (Lipinski definition) is 1. The average Bonchev–Trinajstić information content (AvgIpc) is 3.34. The molecule has 0 aromatic heterocycles. The molecule has 0 bridgehead atoms. The van der Waals surface area contributed by atoms with Gasteiger partial charge in [0.2, 0.25) is 5.91 Å². The van der Waals surface area contributed by atoms with Crippen molar-refractivity contribution in [2.45, 2.75) is 44.8 Å². The van der Waals surface area contributed by atoms with Gasteiger partial charge in [-0.3, -0.25) is 4.79 Å². The number of methoxy groups -OCH3 is 1. The Balaban J connectivity index is 2.06. The zero-order chi connectivity index (χ0) is 15.2. The van der Waals surface area contributed by atoms with Crippen LogP contribution < -0.4 is 5.73 Å². The Morgan fingerprint density at radius 2 is 2.05 bits per heavy atom. The number of amides is 1. The summed E-state index contributed by atoms with van der Waals surface area (Å²) in [4.78, 5) is 14.6. The fourth-order valence-electron chi connectivity index (χ4n) is 2.62. The van der Waals surface area contributed by atoms with E-state index in [0.29, 0.717) is 25.5 Å². The highest BCUT2D eigenvalue weighted by atomic mass is 16.5. The van der Waals surface area contributed by atoms with Gasteiger partial charge in [0.05, 0.1) is 6.04 Å². The zero-order valence-corrected chi connectivity index (χ0v) is 13.0. The summed E-state index contributed by atoms with van der Waals surface area (Å²) in [6.45, 7) is 3.30. The number of nitrogens with zero attached hydrogens (tertiary/aromatic N) is 1. The molecule has 1 amide bonds. The maximum Gasteiger partial charge on any atom is 0.240 e. The van der Waals surface area contributed by atoms with E-state index >= 15 is 0 Å². The van der Waals surface area contributed by atoms with Gasteiger partial charge in [-0.1, -0.05) is 30.3 Å². The summed E-state index contributed by atoms with van der Waals surface area (Å²) in [6, 6.07) is 9.89. The molecule has 0 saturated heterocycles. The molecule has 2 N–H and O–H groups in total. The fourth-order valence-corrected chi connectivity index (χ4v) is 2.62. The highest BCUT2D eigenvalue weighted by molar-refractivity contribution is 5.82. The van der Waals surface area contributed by atoms with Crippen LogP contribution in [0, 0.1) is 5.92 Å². The van der Waals surface area contributed by atoms with Crippen molar-refractivity contribution >= 4 is 5.91 Å². The Bertz CT molecular complexity index is 445. The van der Waals surface area contributed by atoms with E-state index in [1.165, 1.54) is 12.8 Å². The number of ether oxygens (including phenoxy) is 1. The third-order valence-electron chi connectivity index (χ3n) is 4.22. The average molecular weight is 290 g/mol. The van der Waals surface area contributed by atoms with Crippen LogP contribution >= 0.6 is 0 Å². The van der Waals surface area contributed by atoms with Gasteiger partial charge >= 0.3 is 0 Å². The third kappa shape index (κ3) is 4.55. The van der Waals surface area contributed by atoms with Gasteiger partial charge in [-0.25, -0.2) is 0 Å². The van der Waals surface area contributed by atoms with Crippen LogP contribution in [0.25, 0.3) is 0 Å². The van der Waals surface area contributed by atoms with Crippen LogP contribution in [0.1, 0.15) is 31.7 Å². The maximum absolute atomic E-state index is 12.7. The van der Waals surface area contributed by atoms with Crippen LogP contribution in [0.5, 0.6) is 0 Å². The molecule has 2 atom stereocenters. The van der Waals surface area contributed by atoms with E-state index in [1.54, 1.807) is 7.11 Å². The van der Waals surface area contributed by atoms with Gasteiger partial charge in [0.15, 0.2) is 0 Å². The minimum Gasteiger partial charge on any atom is -0.385 e. The quantitative estimate of drug-likeness (QED) is 0.798. The molecular weight excluding hydrogens is 264 g/mol. The second-order valence-electron chi connectivity index (χ2n) is 5.92. The number of nitrogens with two attached hydrogens (primary N) is 1. The van der Waals surface area contributed by atoms with Crippen molar-refractivity contribution in [1.82, 2.24) is 4.90 Å². The summed E-state index contributed by atoms with van der Waals surface area (Å²) in [5.74, 6) is 0.669. The van der Waals surface area contributed by atoms with E-state index in [4.69, 9.17) is 10.5 Å². The summed E-state index contributed by atoms with van der Waals surface area (Å²) in [6.07, 6.45) is 3.00. The summed E-state index contributed by atoms with van der Waals surface area (Å²) in [5.41, 5.74) is 7.20. The summed E-state index contributed by atoms with van der Waals surface area (Å²) >= 11 is 0. The molecule has 0 radical (unpaired) electrons. The lowest BCUT2D eigenvalue weighted by molar-refractivity contribution is -0.136. The first-order valence-corrected chi connectivity index (χ1v) is 7.72. The Morgan fingerprint density at radius 3 is 2.62 bits per heavy atom. The fraction of sp³-hybridized carbons (Fsp3) is 0.588. The first-order valence-electron chi connectivity index (χ1n) is 7.72. The molecule has 0 heterocycles. The van der Waals surface area contributed by atoms with E-state index < -0.39 is 6.04 Å². The highest BCUT2D eigenvalue weighted by Crippen LogP contribution is 2.35. The van der Waals surface area contributed by atoms with Gasteiger partial charge < -0.3 is 15.4 Å². The number of carbonyl (C=O) groups is 1. The molecule has 1 aliphatic rings. The zero-order valence-electron chi connectivity index (χ0n) is 13.0. The molecule has 116 valence electrons. The minimum absolute atomic E-state index is 0.0373. The van der Waals surface area contributed by atoms with Crippen LogP contribution in [0.3, 0.4) is 0 Å². The number of carbonyl (C=O) groups excluding carboxylic acids is 1. The minimum atomic E-state index is -0.477. The molecule has 0 spiro atoms. The molecule has 21 heavy (non-hydrogen) atoms. The molecule has 2 rings (SSSR count). The molecule has 1 aromatic carbocycles. The van der Waals surface area contributed by atoms with Gasteiger partial charge in [0, 0.05) is 26.3 Å². The molecule has 0 aliphatic heterocycles. The van der Waals surface area contributed by atoms with Gasteiger partial charge in [0.25, 0.3) is 0 Å². The van der Waals surface area contributed by atoms with Crippen LogP contribution in [0.4, 0.5) is 0 Å². The van der Waals surface area contributed by atoms with Crippen molar-refractivity contribution in [3.8, 4) is 0 Å². The van der Waals surface area contributed by atoms with Crippen LogP contribution in [0.15, 0.2) is 30.3 Å². The predicted octanol–water partition coefficient (Wildman–Crippen LogP) is 2.18. The Kier molecular flexibility index (Phi) is 5.76. The second kappa shape index (κ2) is 7.57. The second-order valence-corrected chi connectivity index (χ2v) is 5.92. The Morgan fingerprint density at radius 1 is 1.38 bits per heavy atom. The van der Waals surface area contributed by atoms with Crippen molar-refractivity contribution in [3.05, 3.63) is 35.9 Å². The lowest BCUT2D eigenvalue weighted by Crippen LogP contribution is -2.48. The van der Waals surface area contributed by atoms with E-state index in [1.807, 2.05) is 23.1 Å². The number of hydrogen-bond acceptors (Lipinski definition) is 3. The van der Waals surface area contributed by atoms with Gasteiger partial charge in [0.1, 0.15) is 0 Å². The Labute approximate surface area is 127 Å². The normalized spacial score (nSPS) is 17.3. The van der Waals surface area contributed by atoms with Gasteiger partial charge in [-0.05, 0) is 37.7 Å². The first-order chi connectivity index (χ1) is 10.1. The van der Waals surface area contributed by atoms with Crippen molar-refractivity contribution in [2.24, 2.45) is 11.7 Å². The molecule has 2 unspecified atom stereocenters. The van der Waals surface area contributed by atoms with E-state index in [2.05, 4.69) is 19.1 Å². The molecular formula is C17H26N2O2. The van der Waals surface area contributed by atoms with E-state index in [-0.39, 0.29) is 11.9 Å². The molecule has 1 saturated carbocycles. The lowest BCUT2D eigenvalue weighted by Gasteiger charge is -2.32. The van der Waals surface area contributed by atoms with E-state index in [9.17, 15) is 4.79 Å². The number of benzene rings is 1. The molecule has 1 fully saturated rings. The predicted molar refractivity (Wildman–Crippen MR) is 83.6 cm³/mol. The smallest absolute Gasteiger partial charge is 0.240 e. The molecule has 4 heteroatoms. The molecule has 1 aromatic rings. The van der Waals surface area contributed by atoms with Gasteiger partial charge in [-0.15, -0.1) is 0 Å². The van der Waals surface area contributed by atoms with Crippen molar-refractivity contribution in [1.29, 1.82) is 0 Å². The van der Waals surface area contributed by atoms with Crippen molar-refractivity contribution in [3.63, 3.8) is 0 Å². The largest absolute Gasteiger partial charge is 0.385 e. The summed E-state index contributed by atoms with van der Waals surface area (Å²) in [7, 11) is 1.63. The summed E-state index contributed by atoms with van der Waals surface area (Å²) in [5, 5.41) is 0. The number of rotatable bonds is 8. The van der Waals surface area contributed by atoms with Crippen molar-refractivity contribution < 1.29 is 9.53 Å². The maximum atomic E-state index is 12.7. The lowest BCUT2D eigenvalue weighted by atomic mass is 10.1. The third-order valence-corrected chi connectivity index (χ3v) is 4.22. The first kappa shape index (κ1) is 16.0. The van der Waals surface area contributed by atoms with Gasteiger partial charge in [-0.2, -0.15) is 0 Å². The topological polar surface area (TPSA) is 55.6 Å². The highest BCUT2D eigenvalue weighted by Gasteiger charge is 2.35. The molecule has 4 nitrogen and oxygen atoms in total. The summed E-state index contributed by atoms with van der Waals surface area (Å²) < 4.78 is 5.03. The Hall–Kier alpha value is -1.39. The van der Waals surface area contributed by atoms with Crippen LogP contribution in [-0.2, 0) is 16.1 Å².